The van der Waals surface area contributed by atoms with E-state index in [1.165, 1.54) is 12.8 Å². The second-order valence-corrected chi connectivity index (χ2v) is 5.76. The number of likely N-dealkylation sites (tertiary alicyclic amines) is 2. The minimum atomic E-state index is -0.280. The minimum absolute atomic E-state index is 0.155. The summed E-state index contributed by atoms with van der Waals surface area (Å²) in [5.74, 6) is 0.208. The zero-order valence-electron chi connectivity index (χ0n) is 11.6. The number of rotatable bonds is 3. The molecule has 5 heteroatoms. The van der Waals surface area contributed by atoms with Gasteiger partial charge in [0.15, 0.2) is 0 Å². The fourth-order valence-corrected chi connectivity index (χ4v) is 3.11. The van der Waals surface area contributed by atoms with Gasteiger partial charge in [-0.3, -0.25) is 14.5 Å². The second kappa shape index (κ2) is 6.89. The molecule has 0 aliphatic carbocycles. The Labute approximate surface area is 115 Å². The SMILES string of the molecule is NC(=O)CN1CCC(C(=O)N2CCCCCC2)CC1. The van der Waals surface area contributed by atoms with E-state index >= 15 is 0 Å². The average Bonchev–Trinajstić information content (AvgIpc) is 2.67. The van der Waals surface area contributed by atoms with Gasteiger partial charge in [-0.25, -0.2) is 0 Å². The monoisotopic (exact) mass is 267 g/mol. The Hall–Kier alpha value is -1.10. The molecule has 2 N–H and O–H groups in total. The molecule has 0 aromatic carbocycles. The van der Waals surface area contributed by atoms with Crippen LogP contribution in [0.3, 0.4) is 0 Å². The molecule has 0 aromatic heterocycles. The van der Waals surface area contributed by atoms with Gasteiger partial charge in [0.1, 0.15) is 0 Å². The summed E-state index contributed by atoms with van der Waals surface area (Å²) < 4.78 is 0. The van der Waals surface area contributed by atoms with Gasteiger partial charge < -0.3 is 10.6 Å². The molecule has 0 spiro atoms. The Morgan fingerprint density at radius 3 is 2.05 bits per heavy atom. The molecule has 0 bridgehead atoms. The van der Waals surface area contributed by atoms with Crippen LogP contribution >= 0.6 is 0 Å². The lowest BCUT2D eigenvalue weighted by Gasteiger charge is -2.33. The Kier molecular flexibility index (Phi) is 5.19. The number of primary amides is 1. The van der Waals surface area contributed by atoms with E-state index in [1.54, 1.807) is 0 Å². The molecule has 0 atom stereocenters. The van der Waals surface area contributed by atoms with Crippen molar-refractivity contribution in [3.05, 3.63) is 0 Å². The largest absolute Gasteiger partial charge is 0.369 e. The third kappa shape index (κ3) is 4.20. The molecule has 108 valence electrons. The van der Waals surface area contributed by atoms with Crippen molar-refractivity contribution in [2.75, 3.05) is 32.7 Å². The van der Waals surface area contributed by atoms with Crippen molar-refractivity contribution in [2.45, 2.75) is 38.5 Å². The van der Waals surface area contributed by atoms with Gasteiger partial charge in [0.05, 0.1) is 6.54 Å². The van der Waals surface area contributed by atoms with E-state index in [1.807, 2.05) is 0 Å². The van der Waals surface area contributed by atoms with Crippen LogP contribution in [-0.4, -0.2) is 54.3 Å². The molecule has 2 amide bonds. The molecular weight excluding hydrogens is 242 g/mol. The van der Waals surface area contributed by atoms with Crippen LogP contribution in [0.4, 0.5) is 0 Å². The second-order valence-electron chi connectivity index (χ2n) is 5.76. The molecule has 2 aliphatic heterocycles. The summed E-state index contributed by atoms with van der Waals surface area (Å²) in [4.78, 5) is 27.4. The number of nitrogens with zero attached hydrogens (tertiary/aromatic N) is 2. The Balaban J connectivity index is 1.79. The van der Waals surface area contributed by atoms with Crippen LogP contribution in [-0.2, 0) is 9.59 Å². The Bertz CT molecular complexity index is 317. The van der Waals surface area contributed by atoms with E-state index in [-0.39, 0.29) is 11.8 Å². The first kappa shape index (κ1) is 14.3. The van der Waals surface area contributed by atoms with E-state index in [9.17, 15) is 9.59 Å². The molecule has 2 heterocycles. The highest BCUT2D eigenvalue weighted by atomic mass is 16.2. The van der Waals surface area contributed by atoms with Crippen molar-refractivity contribution in [3.8, 4) is 0 Å². The quantitative estimate of drug-likeness (QED) is 0.813. The highest BCUT2D eigenvalue weighted by molar-refractivity contribution is 5.79. The van der Waals surface area contributed by atoms with Crippen LogP contribution in [0.15, 0.2) is 0 Å². The van der Waals surface area contributed by atoms with Crippen molar-refractivity contribution in [2.24, 2.45) is 11.7 Å². The first-order valence-electron chi connectivity index (χ1n) is 7.46. The van der Waals surface area contributed by atoms with E-state index in [0.29, 0.717) is 12.5 Å². The Morgan fingerprint density at radius 2 is 1.53 bits per heavy atom. The topological polar surface area (TPSA) is 66.6 Å². The number of carbonyl (C=O) groups excluding carboxylic acids is 2. The van der Waals surface area contributed by atoms with E-state index in [4.69, 9.17) is 5.73 Å². The standard InChI is InChI=1S/C14H25N3O2/c15-13(18)11-16-9-5-12(6-10-16)14(19)17-7-3-1-2-4-8-17/h12H,1-11H2,(H2,15,18). The summed E-state index contributed by atoms with van der Waals surface area (Å²) in [7, 11) is 0. The fraction of sp³-hybridized carbons (Fsp3) is 0.857. The third-order valence-corrected chi connectivity index (χ3v) is 4.23. The predicted molar refractivity (Wildman–Crippen MR) is 73.4 cm³/mol. The molecule has 0 saturated carbocycles. The van der Waals surface area contributed by atoms with Gasteiger partial charge in [-0.1, -0.05) is 12.8 Å². The maximum Gasteiger partial charge on any atom is 0.231 e. The van der Waals surface area contributed by atoms with Gasteiger partial charge in [-0.05, 0) is 38.8 Å². The summed E-state index contributed by atoms with van der Waals surface area (Å²) in [5, 5.41) is 0. The molecule has 2 saturated heterocycles. The zero-order chi connectivity index (χ0) is 13.7. The number of carbonyl (C=O) groups is 2. The van der Waals surface area contributed by atoms with Gasteiger partial charge in [0.2, 0.25) is 11.8 Å². The van der Waals surface area contributed by atoms with E-state index in [2.05, 4.69) is 9.80 Å². The van der Waals surface area contributed by atoms with E-state index < -0.39 is 0 Å². The van der Waals surface area contributed by atoms with Crippen molar-refractivity contribution >= 4 is 11.8 Å². The van der Waals surface area contributed by atoms with Gasteiger partial charge in [0.25, 0.3) is 0 Å². The normalized spacial score (nSPS) is 23.1. The van der Waals surface area contributed by atoms with Crippen molar-refractivity contribution in [1.82, 2.24) is 9.80 Å². The van der Waals surface area contributed by atoms with Gasteiger partial charge in [0, 0.05) is 19.0 Å². The van der Waals surface area contributed by atoms with Crippen LogP contribution < -0.4 is 5.73 Å². The summed E-state index contributed by atoms with van der Waals surface area (Å²) in [6, 6.07) is 0. The van der Waals surface area contributed by atoms with Crippen LogP contribution in [0.25, 0.3) is 0 Å². The van der Waals surface area contributed by atoms with Crippen molar-refractivity contribution in [1.29, 1.82) is 0 Å². The first-order valence-corrected chi connectivity index (χ1v) is 7.46. The van der Waals surface area contributed by atoms with Crippen LogP contribution in [0.1, 0.15) is 38.5 Å². The predicted octanol–water partition coefficient (Wildman–Crippen LogP) is 0.586. The number of amides is 2. The average molecular weight is 267 g/mol. The molecule has 0 unspecified atom stereocenters. The molecular formula is C14H25N3O2. The lowest BCUT2D eigenvalue weighted by molar-refractivity contribution is -0.137. The molecule has 19 heavy (non-hydrogen) atoms. The fourth-order valence-electron chi connectivity index (χ4n) is 3.11. The summed E-state index contributed by atoms with van der Waals surface area (Å²) in [5.41, 5.74) is 5.20. The third-order valence-electron chi connectivity index (χ3n) is 4.23. The highest BCUT2D eigenvalue weighted by Gasteiger charge is 2.29. The zero-order valence-corrected chi connectivity index (χ0v) is 11.6. The van der Waals surface area contributed by atoms with Gasteiger partial charge >= 0.3 is 0 Å². The van der Waals surface area contributed by atoms with E-state index in [0.717, 1.165) is 51.9 Å². The summed E-state index contributed by atoms with van der Waals surface area (Å²) in [6.07, 6.45) is 6.52. The molecule has 2 rings (SSSR count). The maximum atomic E-state index is 12.5. The molecule has 5 nitrogen and oxygen atoms in total. The summed E-state index contributed by atoms with van der Waals surface area (Å²) in [6.45, 7) is 3.81. The number of piperidine rings is 1. The summed E-state index contributed by atoms with van der Waals surface area (Å²) >= 11 is 0. The Morgan fingerprint density at radius 1 is 0.947 bits per heavy atom. The molecule has 0 aromatic rings. The van der Waals surface area contributed by atoms with Crippen molar-refractivity contribution < 1.29 is 9.59 Å². The highest BCUT2D eigenvalue weighted by Crippen LogP contribution is 2.21. The maximum absolute atomic E-state index is 12.5. The lowest BCUT2D eigenvalue weighted by Crippen LogP contribution is -2.44. The smallest absolute Gasteiger partial charge is 0.231 e. The number of hydrogen-bond donors (Lipinski definition) is 1. The molecule has 0 radical (unpaired) electrons. The van der Waals surface area contributed by atoms with Crippen molar-refractivity contribution in [3.63, 3.8) is 0 Å². The molecule has 2 fully saturated rings. The number of nitrogens with two attached hydrogens (primary N) is 1. The lowest BCUT2D eigenvalue weighted by atomic mass is 9.95. The first-order chi connectivity index (χ1) is 9.16. The minimum Gasteiger partial charge on any atom is -0.369 e. The van der Waals surface area contributed by atoms with Crippen LogP contribution in [0, 0.1) is 5.92 Å². The van der Waals surface area contributed by atoms with Crippen LogP contribution in [0.2, 0.25) is 0 Å². The van der Waals surface area contributed by atoms with Gasteiger partial charge in [-0.2, -0.15) is 0 Å². The molecule has 2 aliphatic rings. The van der Waals surface area contributed by atoms with Crippen LogP contribution in [0.5, 0.6) is 0 Å². The van der Waals surface area contributed by atoms with Gasteiger partial charge in [-0.15, -0.1) is 0 Å². The number of hydrogen-bond acceptors (Lipinski definition) is 3.